The van der Waals surface area contributed by atoms with E-state index >= 15 is 0 Å². The summed E-state index contributed by atoms with van der Waals surface area (Å²) >= 11 is 0. The van der Waals surface area contributed by atoms with Crippen LogP contribution in [0.4, 0.5) is 20.4 Å². The van der Waals surface area contributed by atoms with Crippen LogP contribution in [0.25, 0.3) is 0 Å². The highest BCUT2D eigenvalue weighted by molar-refractivity contribution is 7.86. The number of rotatable bonds is 4. The van der Waals surface area contributed by atoms with Gasteiger partial charge >= 0.3 is 12.2 Å². The van der Waals surface area contributed by atoms with Gasteiger partial charge in [0.1, 0.15) is 4.90 Å². The Hall–Kier alpha value is -2.29. The summed E-state index contributed by atoms with van der Waals surface area (Å²) < 4.78 is 88.4. The zero-order valence-corrected chi connectivity index (χ0v) is 12.3. The summed E-state index contributed by atoms with van der Waals surface area (Å²) in [7, 11) is -9.55. The van der Waals surface area contributed by atoms with Crippen molar-refractivity contribution < 1.29 is 34.7 Å². The van der Waals surface area contributed by atoms with Crippen LogP contribution in [0.5, 0.6) is 0 Å². The van der Waals surface area contributed by atoms with Gasteiger partial charge in [0.05, 0.1) is 10.6 Å². The zero-order valence-electron chi connectivity index (χ0n) is 10.7. The molecule has 2 rings (SSSR count). The Labute approximate surface area is 127 Å². The second kappa shape index (κ2) is 5.73. The molecule has 0 spiro atoms. The minimum absolute atomic E-state index is 0.595. The van der Waals surface area contributed by atoms with Gasteiger partial charge in [0.2, 0.25) is 5.95 Å². The first kappa shape index (κ1) is 17.1. The standard InChI is InChI=1S/C9H6F2N4O6S2/c10-7-13-8(11)15-9(14-7)12-5-3-4(22(16,17)18)1-2-6(5)23(19,20)21/h1-3H,(H,16,17,18)(H,19,20,21)(H,12,13,14,15). The van der Waals surface area contributed by atoms with Crippen molar-refractivity contribution in [2.45, 2.75) is 9.79 Å². The second-order valence-electron chi connectivity index (χ2n) is 3.93. The third-order valence-electron chi connectivity index (χ3n) is 2.35. The highest BCUT2D eigenvalue weighted by Gasteiger charge is 2.21. The number of hydrogen-bond donors (Lipinski definition) is 3. The SMILES string of the molecule is O=S(=O)(O)c1ccc(S(=O)(=O)O)c(Nc2nc(F)nc(F)n2)c1. The fraction of sp³-hybridized carbons (Fsp3) is 0. The van der Waals surface area contributed by atoms with Gasteiger partial charge in [0, 0.05) is 0 Å². The Kier molecular flexibility index (Phi) is 4.25. The summed E-state index contributed by atoms with van der Waals surface area (Å²) in [5, 5.41) is 2.02. The summed E-state index contributed by atoms with van der Waals surface area (Å²) in [6.45, 7) is 0. The van der Waals surface area contributed by atoms with Gasteiger partial charge in [-0.2, -0.15) is 40.6 Å². The molecule has 1 aromatic heterocycles. The van der Waals surface area contributed by atoms with E-state index in [1.165, 1.54) is 0 Å². The van der Waals surface area contributed by atoms with E-state index in [4.69, 9.17) is 9.11 Å². The number of anilines is 2. The number of nitrogens with one attached hydrogen (secondary N) is 1. The van der Waals surface area contributed by atoms with Crippen LogP contribution in [0.15, 0.2) is 28.0 Å². The number of nitrogens with zero attached hydrogens (tertiary/aromatic N) is 3. The van der Waals surface area contributed by atoms with Gasteiger partial charge < -0.3 is 5.32 Å². The zero-order chi connectivity index (χ0) is 17.4. The molecule has 14 heteroatoms. The van der Waals surface area contributed by atoms with Crippen molar-refractivity contribution >= 4 is 31.9 Å². The van der Waals surface area contributed by atoms with Crippen LogP contribution < -0.4 is 5.32 Å². The molecule has 2 aromatic rings. The van der Waals surface area contributed by atoms with E-state index in [0.717, 1.165) is 0 Å². The number of aromatic nitrogens is 3. The number of benzene rings is 1. The summed E-state index contributed by atoms with van der Waals surface area (Å²) in [6, 6.07) is 1.94. The third kappa shape index (κ3) is 4.13. The average molecular weight is 368 g/mol. The first-order valence-corrected chi connectivity index (χ1v) is 8.28. The molecule has 1 heterocycles. The monoisotopic (exact) mass is 368 g/mol. The fourth-order valence-corrected chi connectivity index (χ4v) is 2.63. The highest BCUT2D eigenvalue weighted by atomic mass is 32.2. The van der Waals surface area contributed by atoms with Gasteiger partial charge in [0.15, 0.2) is 0 Å². The molecule has 0 unspecified atom stereocenters. The van der Waals surface area contributed by atoms with Gasteiger partial charge in [-0.25, -0.2) is 0 Å². The lowest BCUT2D eigenvalue weighted by atomic mass is 10.3. The Morgan fingerprint density at radius 2 is 1.48 bits per heavy atom. The van der Waals surface area contributed by atoms with E-state index in [1.807, 2.05) is 5.32 Å². The van der Waals surface area contributed by atoms with Crippen molar-refractivity contribution in [1.82, 2.24) is 15.0 Å². The van der Waals surface area contributed by atoms with Crippen LogP contribution in [0.3, 0.4) is 0 Å². The van der Waals surface area contributed by atoms with Gasteiger partial charge in [-0.15, -0.1) is 0 Å². The smallest absolute Gasteiger partial charge is 0.315 e. The van der Waals surface area contributed by atoms with Crippen molar-refractivity contribution in [1.29, 1.82) is 0 Å². The Balaban J connectivity index is 2.62. The maximum Gasteiger partial charge on any atom is 0.315 e. The second-order valence-corrected chi connectivity index (χ2v) is 6.74. The molecule has 124 valence electrons. The lowest BCUT2D eigenvalue weighted by Gasteiger charge is -2.10. The van der Waals surface area contributed by atoms with Crippen LogP contribution in [0, 0.1) is 12.2 Å². The number of halogens is 2. The number of hydrogen-bond acceptors (Lipinski definition) is 8. The molecular formula is C9H6F2N4O6S2. The van der Waals surface area contributed by atoms with E-state index in [1.54, 1.807) is 0 Å². The van der Waals surface area contributed by atoms with Crippen molar-refractivity contribution in [3.05, 3.63) is 30.4 Å². The van der Waals surface area contributed by atoms with E-state index in [9.17, 15) is 25.6 Å². The highest BCUT2D eigenvalue weighted by Crippen LogP contribution is 2.26. The molecule has 0 saturated heterocycles. The third-order valence-corrected chi connectivity index (χ3v) is 4.12. The summed E-state index contributed by atoms with van der Waals surface area (Å²) in [6.07, 6.45) is -3.06. The van der Waals surface area contributed by atoms with Crippen LogP contribution in [-0.4, -0.2) is 40.9 Å². The predicted molar refractivity (Wildman–Crippen MR) is 69.1 cm³/mol. The van der Waals surface area contributed by atoms with Gasteiger partial charge in [0.25, 0.3) is 20.2 Å². The molecule has 0 saturated carbocycles. The molecular weight excluding hydrogens is 362 g/mol. The van der Waals surface area contributed by atoms with E-state index < -0.39 is 53.8 Å². The first-order chi connectivity index (χ1) is 10.5. The molecule has 10 nitrogen and oxygen atoms in total. The molecule has 0 bridgehead atoms. The van der Waals surface area contributed by atoms with Crippen LogP contribution in [0.2, 0.25) is 0 Å². The molecule has 0 fully saturated rings. The fourth-order valence-electron chi connectivity index (χ4n) is 1.49. The molecule has 23 heavy (non-hydrogen) atoms. The molecule has 0 aliphatic rings. The minimum atomic E-state index is -4.83. The van der Waals surface area contributed by atoms with E-state index in [-0.39, 0.29) is 0 Å². The maximum absolute atomic E-state index is 12.9. The van der Waals surface area contributed by atoms with Crippen molar-refractivity contribution in [3.8, 4) is 0 Å². The van der Waals surface area contributed by atoms with Gasteiger partial charge in [-0.05, 0) is 18.2 Å². The molecule has 0 aliphatic carbocycles. The largest absolute Gasteiger partial charge is 0.323 e. The molecule has 0 radical (unpaired) electrons. The predicted octanol–water partition coefficient (Wildman–Crippen LogP) is 0.387. The van der Waals surface area contributed by atoms with Crippen molar-refractivity contribution in [2.24, 2.45) is 0 Å². The molecule has 0 amide bonds. The average Bonchev–Trinajstić information content (AvgIpc) is 2.34. The molecule has 1 aromatic carbocycles. The van der Waals surface area contributed by atoms with Crippen molar-refractivity contribution in [3.63, 3.8) is 0 Å². The maximum atomic E-state index is 12.9. The van der Waals surface area contributed by atoms with Crippen LogP contribution in [0.1, 0.15) is 0 Å². The molecule has 0 aliphatic heterocycles. The molecule has 3 N–H and O–H groups in total. The summed E-state index contributed by atoms with van der Waals surface area (Å²) in [4.78, 5) is 7.05. The van der Waals surface area contributed by atoms with Gasteiger partial charge in [-0.3, -0.25) is 9.11 Å². The summed E-state index contributed by atoms with van der Waals surface area (Å²) in [5.74, 6) is -0.799. The lowest BCUT2D eigenvalue weighted by Crippen LogP contribution is -2.09. The van der Waals surface area contributed by atoms with E-state index in [0.29, 0.717) is 18.2 Å². The van der Waals surface area contributed by atoms with Crippen molar-refractivity contribution in [2.75, 3.05) is 5.32 Å². The Morgan fingerprint density at radius 1 is 0.913 bits per heavy atom. The Bertz CT molecular complexity index is 959. The lowest BCUT2D eigenvalue weighted by molar-refractivity contribution is 0.457. The first-order valence-electron chi connectivity index (χ1n) is 5.40. The van der Waals surface area contributed by atoms with Crippen LogP contribution >= 0.6 is 0 Å². The normalized spacial score (nSPS) is 12.2. The van der Waals surface area contributed by atoms with Gasteiger partial charge in [-0.1, -0.05) is 0 Å². The quantitative estimate of drug-likeness (QED) is 0.644. The van der Waals surface area contributed by atoms with E-state index in [2.05, 4.69) is 15.0 Å². The van der Waals surface area contributed by atoms with Crippen LogP contribution in [-0.2, 0) is 20.2 Å². The summed E-state index contributed by atoms with van der Waals surface area (Å²) in [5.41, 5.74) is -0.646. The molecule has 0 atom stereocenters. The topological polar surface area (TPSA) is 159 Å². The Morgan fingerprint density at radius 3 is 1.96 bits per heavy atom. The minimum Gasteiger partial charge on any atom is -0.323 e.